The molecule has 14 heteroatoms. The Bertz CT molecular complexity index is 1290. The minimum absolute atomic E-state index is 0.0358. The molecular weight excluding hydrogens is 648 g/mol. The fourth-order valence-corrected chi connectivity index (χ4v) is 5.55. The third-order valence-corrected chi connectivity index (χ3v) is 8.14. The highest BCUT2D eigenvalue weighted by Gasteiger charge is 2.50. The van der Waals surface area contributed by atoms with E-state index in [1.807, 2.05) is 24.3 Å². The summed E-state index contributed by atoms with van der Waals surface area (Å²) in [5, 5.41) is 0. The number of amides is 8. The fraction of sp³-hybridized carbons (Fsp3) is 0.667. The Kier molecular flexibility index (Phi) is 14.0. The van der Waals surface area contributed by atoms with Crippen LogP contribution >= 0.6 is 0 Å². The van der Waals surface area contributed by atoms with Crippen molar-refractivity contribution in [1.29, 1.82) is 0 Å². The highest BCUT2D eigenvalue weighted by molar-refractivity contribution is 6.08. The summed E-state index contributed by atoms with van der Waals surface area (Å²) in [6.45, 7) is 9.76. The normalized spacial score (nSPS) is 24.4. The molecule has 0 aromatic rings. The molecule has 6 heterocycles. The minimum Gasteiger partial charge on any atom is -0.443 e. The maximum absolute atomic E-state index is 13.2. The van der Waals surface area contributed by atoms with Gasteiger partial charge in [0.15, 0.2) is 0 Å². The molecule has 0 spiro atoms. The SMILES string of the molecule is CC(C)(C)OC(=O)N1C(=O)CCC/C=C/CCCC(=O)N(C(=O)OC(C)(C)C)[C@H]2CN(C(=O)CCC/C=C/CCCC(=O)N3C[C@H]1C3=O)C2=O. The van der Waals surface area contributed by atoms with Crippen LogP contribution in [0.4, 0.5) is 9.59 Å². The van der Waals surface area contributed by atoms with Crippen LogP contribution < -0.4 is 0 Å². The van der Waals surface area contributed by atoms with Gasteiger partial charge in [-0.05, 0) is 92.9 Å². The molecule has 2 saturated heterocycles. The maximum Gasteiger partial charge on any atom is 0.417 e. The average Bonchev–Trinajstić information content (AvgIpc) is 2.99. The first kappa shape index (κ1) is 40.1. The van der Waals surface area contributed by atoms with Gasteiger partial charge < -0.3 is 9.47 Å². The quantitative estimate of drug-likeness (QED) is 0.195. The van der Waals surface area contributed by atoms with Crippen LogP contribution in [-0.4, -0.2) is 104 Å². The molecule has 8 amide bonds. The van der Waals surface area contributed by atoms with Gasteiger partial charge in [-0.15, -0.1) is 0 Å². The van der Waals surface area contributed by atoms with Crippen molar-refractivity contribution in [2.75, 3.05) is 13.1 Å². The first-order valence-corrected chi connectivity index (χ1v) is 17.5. The van der Waals surface area contributed by atoms with Crippen molar-refractivity contribution in [1.82, 2.24) is 19.6 Å². The number of β-lactam (4-membered cyclic amide) rings is 2. The van der Waals surface area contributed by atoms with E-state index < -0.39 is 59.1 Å². The van der Waals surface area contributed by atoms with Crippen molar-refractivity contribution in [2.24, 2.45) is 0 Å². The largest absolute Gasteiger partial charge is 0.443 e. The second kappa shape index (κ2) is 17.5. The molecular formula is C36H52N4O10. The molecule has 0 aliphatic carbocycles. The number of hydrogen-bond donors (Lipinski definition) is 0. The topological polar surface area (TPSA) is 168 Å². The molecule has 4 bridgehead atoms. The summed E-state index contributed by atoms with van der Waals surface area (Å²) in [5.74, 6) is -3.15. The Morgan fingerprint density at radius 3 is 1.06 bits per heavy atom. The monoisotopic (exact) mass is 700 g/mol. The lowest BCUT2D eigenvalue weighted by atomic mass is 10.0. The summed E-state index contributed by atoms with van der Waals surface area (Å²) in [6.07, 6.45) is 9.45. The van der Waals surface area contributed by atoms with Crippen molar-refractivity contribution < 1.29 is 47.8 Å². The summed E-state index contributed by atoms with van der Waals surface area (Å²) in [4.78, 5) is 108. The first-order chi connectivity index (χ1) is 23.4. The Morgan fingerprint density at radius 2 is 0.800 bits per heavy atom. The molecule has 0 saturated carbocycles. The van der Waals surface area contributed by atoms with Crippen molar-refractivity contribution in [3.05, 3.63) is 24.3 Å². The first-order valence-electron chi connectivity index (χ1n) is 17.5. The zero-order valence-electron chi connectivity index (χ0n) is 30.2. The van der Waals surface area contributed by atoms with Gasteiger partial charge in [-0.3, -0.25) is 38.6 Å². The van der Waals surface area contributed by atoms with E-state index in [2.05, 4.69) is 0 Å². The van der Waals surface area contributed by atoms with E-state index in [0.29, 0.717) is 51.4 Å². The molecule has 6 rings (SSSR count). The smallest absolute Gasteiger partial charge is 0.417 e. The standard InChI is InChI=1S/C36H52N4O10/c1-35(2,3)49-33(47)39-25-23-37(31(25)45)27(41)19-15-11-7-8-12-16-20-28(42)38-24-26(32(38)46)40(34(48)50-36(4,5)6)30(44)22-18-14-10-9-13-17-21-29(39)43/h7-10,25-26H,11-24H2,1-6H3/b8-7+,10-9+/t25-,26-/m0/s1. The van der Waals surface area contributed by atoms with Crippen molar-refractivity contribution in [3.63, 3.8) is 0 Å². The highest BCUT2D eigenvalue weighted by Crippen LogP contribution is 2.25. The van der Waals surface area contributed by atoms with Crippen LogP contribution in [0.1, 0.15) is 119 Å². The third kappa shape index (κ3) is 11.3. The van der Waals surface area contributed by atoms with Gasteiger partial charge >= 0.3 is 12.2 Å². The molecule has 6 aliphatic rings. The Morgan fingerprint density at radius 1 is 0.520 bits per heavy atom. The van der Waals surface area contributed by atoms with Gasteiger partial charge in [0, 0.05) is 25.7 Å². The van der Waals surface area contributed by atoms with E-state index in [0.717, 1.165) is 19.6 Å². The molecule has 50 heavy (non-hydrogen) atoms. The molecule has 0 unspecified atom stereocenters. The predicted octanol–water partition coefficient (Wildman–Crippen LogP) is 4.80. The Labute approximate surface area is 294 Å². The van der Waals surface area contributed by atoms with Crippen LogP contribution in [0.2, 0.25) is 0 Å². The van der Waals surface area contributed by atoms with Crippen molar-refractivity contribution in [2.45, 2.75) is 142 Å². The average molecular weight is 701 g/mol. The lowest BCUT2D eigenvalue weighted by molar-refractivity contribution is -0.164. The van der Waals surface area contributed by atoms with Crippen LogP contribution in [0, 0.1) is 0 Å². The summed E-state index contributed by atoms with van der Waals surface area (Å²) >= 11 is 0. The molecule has 0 aromatic heterocycles. The molecule has 6 aliphatic heterocycles. The number of allylic oxidation sites excluding steroid dienone is 4. The van der Waals surface area contributed by atoms with E-state index in [9.17, 15) is 38.4 Å². The third-order valence-electron chi connectivity index (χ3n) is 8.14. The minimum atomic E-state index is -1.11. The number of nitrogens with zero attached hydrogens (tertiary/aromatic N) is 4. The van der Waals surface area contributed by atoms with Gasteiger partial charge in [0.1, 0.15) is 23.3 Å². The predicted molar refractivity (Wildman–Crippen MR) is 181 cm³/mol. The van der Waals surface area contributed by atoms with Gasteiger partial charge in [0.2, 0.25) is 23.6 Å². The molecule has 2 atom stereocenters. The molecule has 14 nitrogen and oxygen atoms in total. The lowest BCUT2D eigenvalue weighted by Gasteiger charge is -2.42. The van der Waals surface area contributed by atoms with E-state index in [1.54, 1.807) is 41.5 Å². The van der Waals surface area contributed by atoms with Crippen molar-refractivity contribution in [3.8, 4) is 0 Å². The summed E-state index contributed by atoms with van der Waals surface area (Å²) in [7, 11) is 0. The van der Waals surface area contributed by atoms with Crippen LogP contribution in [0.15, 0.2) is 24.3 Å². The number of rotatable bonds is 0. The Hall–Kier alpha value is -4.36. The van der Waals surface area contributed by atoms with E-state index in [4.69, 9.17) is 9.47 Å². The molecule has 0 N–H and O–H groups in total. The summed E-state index contributed by atoms with van der Waals surface area (Å²) < 4.78 is 10.8. The molecule has 0 aromatic carbocycles. The molecule has 0 radical (unpaired) electrons. The zero-order chi connectivity index (χ0) is 37.2. The zero-order valence-corrected chi connectivity index (χ0v) is 30.2. The van der Waals surface area contributed by atoms with Crippen LogP contribution in [0.5, 0.6) is 0 Å². The van der Waals surface area contributed by atoms with Crippen molar-refractivity contribution >= 4 is 47.6 Å². The second-order valence-electron chi connectivity index (χ2n) is 14.7. The van der Waals surface area contributed by atoms with E-state index >= 15 is 0 Å². The van der Waals surface area contributed by atoms with Gasteiger partial charge in [-0.25, -0.2) is 19.4 Å². The van der Waals surface area contributed by atoms with Crippen LogP contribution in [0.25, 0.3) is 0 Å². The number of carbonyl (C=O) groups excluding carboxylic acids is 8. The molecule has 276 valence electrons. The van der Waals surface area contributed by atoms with Gasteiger partial charge in [-0.2, -0.15) is 0 Å². The fourth-order valence-electron chi connectivity index (χ4n) is 5.55. The number of carbonyl (C=O) groups is 8. The number of hydrogen-bond acceptors (Lipinski definition) is 10. The van der Waals surface area contributed by atoms with E-state index in [-0.39, 0.29) is 50.6 Å². The van der Waals surface area contributed by atoms with Gasteiger partial charge in [-0.1, -0.05) is 24.3 Å². The highest BCUT2D eigenvalue weighted by atomic mass is 16.6. The second-order valence-corrected chi connectivity index (χ2v) is 14.7. The molecule has 2 fully saturated rings. The van der Waals surface area contributed by atoms with E-state index in [1.165, 1.54) is 0 Å². The number of ether oxygens (including phenoxy) is 2. The number of imide groups is 4. The lowest BCUT2D eigenvalue weighted by Crippen LogP contribution is -2.67. The van der Waals surface area contributed by atoms with Gasteiger partial charge in [0.05, 0.1) is 13.1 Å². The maximum atomic E-state index is 13.2. The summed E-state index contributed by atoms with van der Waals surface area (Å²) in [5.41, 5.74) is -1.81. The van der Waals surface area contributed by atoms with Gasteiger partial charge in [0.25, 0.3) is 11.8 Å². The van der Waals surface area contributed by atoms with Crippen LogP contribution in [-0.2, 0) is 38.2 Å². The Balaban J connectivity index is 1.70. The summed E-state index contributed by atoms with van der Waals surface area (Å²) in [6, 6.07) is -2.22. The van der Waals surface area contributed by atoms with Crippen LogP contribution in [0.3, 0.4) is 0 Å².